The Balaban J connectivity index is 1.13. The monoisotopic (exact) mass is 481 g/mol. The van der Waals surface area contributed by atoms with Gasteiger partial charge in [-0.1, -0.05) is 0 Å². The SMILES string of the molecule is Cc1cc(C(=O)Nc2ccc(Nc3ccc(Nc4ccc(N5CCC(O)CC5)cc4)cc3)cc2)c[nH]1. The number of benzene rings is 3. The number of aryl methyl sites for hydroxylation is 1. The molecule has 3 aromatic carbocycles. The lowest BCUT2D eigenvalue weighted by Crippen LogP contribution is -2.35. The van der Waals surface area contributed by atoms with Crippen LogP contribution >= 0.6 is 0 Å². The molecule has 1 aliphatic heterocycles. The summed E-state index contributed by atoms with van der Waals surface area (Å²) in [6, 6.07) is 26.0. The first-order valence-corrected chi connectivity index (χ1v) is 12.3. The van der Waals surface area contributed by atoms with Crippen molar-refractivity contribution in [3.8, 4) is 0 Å². The van der Waals surface area contributed by atoms with Crippen LogP contribution in [0, 0.1) is 6.92 Å². The quantitative estimate of drug-likeness (QED) is 0.222. The Labute approximate surface area is 211 Å². The second-order valence-electron chi connectivity index (χ2n) is 9.20. The second-order valence-corrected chi connectivity index (χ2v) is 9.20. The molecule has 0 bridgehead atoms. The van der Waals surface area contributed by atoms with Gasteiger partial charge in [-0.05, 0) is 98.6 Å². The number of H-pyrrole nitrogens is 1. The maximum atomic E-state index is 12.3. The predicted molar refractivity (Wildman–Crippen MR) is 147 cm³/mol. The van der Waals surface area contributed by atoms with Gasteiger partial charge in [0.05, 0.1) is 11.7 Å². The number of aliphatic hydroxyl groups excluding tert-OH is 1. The number of carbonyl (C=O) groups excluding carboxylic acids is 1. The Morgan fingerprint density at radius 1 is 0.806 bits per heavy atom. The Morgan fingerprint density at radius 2 is 1.28 bits per heavy atom. The number of aromatic nitrogens is 1. The van der Waals surface area contributed by atoms with Crippen LogP contribution in [0.3, 0.4) is 0 Å². The molecule has 0 radical (unpaired) electrons. The molecule has 184 valence electrons. The maximum absolute atomic E-state index is 12.3. The highest BCUT2D eigenvalue weighted by Crippen LogP contribution is 2.26. The van der Waals surface area contributed by atoms with Gasteiger partial charge < -0.3 is 30.9 Å². The molecule has 5 N–H and O–H groups in total. The van der Waals surface area contributed by atoms with Crippen LogP contribution < -0.4 is 20.9 Å². The number of piperidine rings is 1. The van der Waals surface area contributed by atoms with Gasteiger partial charge in [0.1, 0.15) is 0 Å². The molecular weight excluding hydrogens is 450 g/mol. The number of nitrogens with zero attached hydrogens (tertiary/aromatic N) is 1. The molecule has 0 atom stereocenters. The molecule has 0 saturated carbocycles. The summed E-state index contributed by atoms with van der Waals surface area (Å²) in [5.74, 6) is -0.135. The smallest absolute Gasteiger partial charge is 0.257 e. The van der Waals surface area contributed by atoms with Gasteiger partial charge in [-0.25, -0.2) is 0 Å². The highest BCUT2D eigenvalue weighted by molar-refractivity contribution is 6.04. The summed E-state index contributed by atoms with van der Waals surface area (Å²) in [6.07, 6.45) is 3.20. The number of hydrogen-bond acceptors (Lipinski definition) is 5. The minimum atomic E-state index is -0.161. The molecule has 0 spiro atoms. The summed E-state index contributed by atoms with van der Waals surface area (Å²) in [5, 5.41) is 19.4. The minimum absolute atomic E-state index is 0.135. The second kappa shape index (κ2) is 10.6. The zero-order chi connectivity index (χ0) is 24.9. The van der Waals surface area contributed by atoms with E-state index in [4.69, 9.17) is 0 Å². The van der Waals surface area contributed by atoms with Crippen LogP contribution in [-0.2, 0) is 0 Å². The summed E-state index contributed by atoms with van der Waals surface area (Å²) < 4.78 is 0. The van der Waals surface area contributed by atoms with Gasteiger partial charge in [0.25, 0.3) is 5.91 Å². The van der Waals surface area contributed by atoms with Crippen LogP contribution in [-0.4, -0.2) is 35.2 Å². The number of amides is 1. The highest BCUT2D eigenvalue weighted by Gasteiger charge is 2.17. The number of hydrogen-bond donors (Lipinski definition) is 5. The third-order valence-electron chi connectivity index (χ3n) is 6.39. The van der Waals surface area contributed by atoms with E-state index in [0.717, 1.165) is 60.1 Å². The van der Waals surface area contributed by atoms with Crippen molar-refractivity contribution < 1.29 is 9.90 Å². The van der Waals surface area contributed by atoms with Crippen LogP contribution in [0.4, 0.5) is 34.1 Å². The summed E-state index contributed by atoms with van der Waals surface area (Å²) in [6.45, 7) is 3.71. The van der Waals surface area contributed by atoms with Crippen LogP contribution in [0.25, 0.3) is 0 Å². The molecule has 2 heterocycles. The summed E-state index contributed by atoms with van der Waals surface area (Å²) >= 11 is 0. The van der Waals surface area contributed by atoms with Gasteiger partial charge in [0, 0.05) is 59.1 Å². The van der Waals surface area contributed by atoms with Crippen LogP contribution in [0.15, 0.2) is 85.1 Å². The van der Waals surface area contributed by atoms with Gasteiger partial charge >= 0.3 is 0 Å². The van der Waals surface area contributed by atoms with Gasteiger partial charge in [0.2, 0.25) is 0 Å². The topological polar surface area (TPSA) is 92.4 Å². The fraction of sp³-hybridized carbons (Fsp3) is 0.207. The molecule has 1 amide bonds. The van der Waals surface area contributed by atoms with E-state index in [2.05, 4.69) is 50.1 Å². The molecule has 1 aromatic heterocycles. The lowest BCUT2D eigenvalue weighted by molar-refractivity contribution is 0.102. The standard InChI is InChI=1S/C29H31N5O2/c1-20-18-21(19-30-20)29(36)33-26-8-6-24(7-9-26)31-22-2-4-23(5-3-22)32-25-10-12-27(13-11-25)34-16-14-28(35)15-17-34/h2-13,18-19,28,30-32,35H,14-17H2,1H3,(H,33,36). The van der Waals surface area contributed by atoms with Gasteiger partial charge in [-0.2, -0.15) is 0 Å². The van der Waals surface area contributed by atoms with Crippen molar-refractivity contribution in [1.29, 1.82) is 0 Å². The van der Waals surface area contributed by atoms with Crippen molar-refractivity contribution in [2.45, 2.75) is 25.9 Å². The van der Waals surface area contributed by atoms with E-state index in [-0.39, 0.29) is 12.0 Å². The molecule has 1 aliphatic rings. The molecule has 0 aliphatic carbocycles. The number of aliphatic hydroxyl groups is 1. The van der Waals surface area contributed by atoms with Crippen LogP contribution in [0.5, 0.6) is 0 Å². The molecular formula is C29H31N5O2. The van der Waals surface area contributed by atoms with E-state index in [1.165, 1.54) is 5.69 Å². The first kappa shape index (κ1) is 23.5. The van der Waals surface area contributed by atoms with E-state index in [1.54, 1.807) is 6.20 Å². The summed E-state index contributed by atoms with van der Waals surface area (Å²) in [4.78, 5) is 17.6. The fourth-order valence-corrected chi connectivity index (χ4v) is 4.33. The molecule has 7 heteroatoms. The Kier molecular flexibility index (Phi) is 6.91. The van der Waals surface area contributed by atoms with Crippen molar-refractivity contribution in [2.75, 3.05) is 33.9 Å². The van der Waals surface area contributed by atoms with Crippen LogP contribution in [0.1, 0.15) is 28.9 Å². The number of aromatic amines is 1. The largest absolute Gasteiger partial charge is 0.393 e. The summed E-state index contributed by atoms with van der Waals surface area (Å²) in [7, 11) is 0. The van der Waals surface area contributed by atoms with Crippen molar-refractivity contribution >= 4 is 40.0 Å². The predicted octanol–water partition coefficient (Wildman–Crippen LogP) is 6.02. The molecule has 4 aromatic rings. The zero-order valence-electron chi connectivity index (χ0n) is 20.3. The van der Waals surface area contributed by atoms with E-state index in [9.17, 15) is 9.90 Å². The first-order valence-electron chi connectivity index (χ1n) is 12.3. The third kappa shape index (κ3) is 5.87. The number of anilines is 6. The number of carbonyl (C=O) groups is 1. The van der Waals surface area contributed by atoms with Crippen LogP contribution in [0.2, 0.25) is 0 Å². The van der Waals surface area contributed by atoms with Gasteiger partial charge in [-0.3, -0.25) is 4.79 Å². The average Bonchev–Trinajstić information content (AvgIpc) is 3.34. The normalized spacial score (nSPS) is 13.9. The van der Waals surface area contributed by atoms with E-state index >= 15 is 0 Å². The Bertz CT molecular complexity index is 1290. The average molecular weight is 482 g/mol. The lowest BCUT2D eigenvalue weighted by atomic mass is 10.1. The van der Waals surface area contributed by atoms with Crippen molar-refractivity contribution in [2.24, 2.45) is 0 Å². The first-order chi connectivity index (χ1) is 17.5. The molecule has 0 unspecified atom stereocenters. The number of rotatable bonds is 7. The van der Waals surface area contributed by atoms with Crippen molar-refractivity contribution in [3.63, 3.8) is 0 Å². The molecule has 1 saturated heterocycles. The van der Waals surface area contributed by atoms with Gasteiger partial charge in [0.15, 0.2) is 0 Å². The molecule has 1 fully saturated rings. The Morgan fingerprint density at radius 3 is 1.75 bits per heavy atom. The minimum Gasteiger partial charge on any atom is -0.393 e. The zero-order valence-corrected chi connectivity index (χ0v) is 20.3. The summed E-state index contributed by atoms with van der Waals surface area (Å²) in [5.41, 5.74) is 7.45. The van der Waals surface area contributed by atoms with E-state index < -0.39 is 0 Å². The van der Waals surface area contributed by atoms with E-state index in [0.29, 0.717) is 5.56 Å². The highest BCUT2D eigenvalue weighted by atomic mass is 16.3. The third-order valence-corrected chi connectivity index (χ3v) is 6.39. The number of nitrogens with one attached hydrogen (secondary N) is 4. The fourth-order valence-electron chi connectivity index (χ4n) is 4.33. The van der Waals surface area contributed by atoms with E-state index in [1.807, 2.05) is 61.5 Å². The molecule has 7 nitrogen and oxygen atoms in total. The van der Waals surface area contributed by atoms with Crippen molar-refractivity contribution in [1.82, 2.24) is 4.98 Å². The lowest BCUT2D eigenvalue weighted by Gasteiger charge is -2.31. The van der Waals surface area contributed by atoms with Crippen molar-refractivity contribution in [3.05, 3.63) is 96.3 Å². The van der Waals surface area contributed by atoms with Gasteiger partial charge in [-0.15, -0.1) is 0 Å². The maximum Gasteiger partial charge on any atom is 0.257 e. The molecule has 5 rings (SSSR count). The molecule has 36 heavy (non-hydrogen) atoms. The Hall–Kier alpha value is -4.23.